The van der Waals surface area contributed by atoms with Crippen LogP contribution >= 0.6 is 0 Å². The molecule has 0 unspecified atom stereocenters. The van der Waals surface area contributed by atoms with E-state index in [1.54, 1.807) is 45.9 Å². The lowest BCUT2D eigenvalue weighted by Gasteiger charge is -2.32. The molecule has 38 heteroatoms. The molecule has 526 valence electrons. The molecule has 1 aliphatic heterocycles. The Bertz CT molecular complexity index is 3000. The van der Waals surface area contributed by atoms with E-state index in [4.69, 9.17) is 28.0 Å². The lowest BCUT2D eigenvalue weighted by Crippen LogP contribution is -2.61. The molecule has 0 saturated carbocycles. The first-order chi connectivity index (χ1) is 44.4. The number of likely N-dealkylation sites (tertiary alicyclic amines) is 1. The number of guanidine groups is 1. The van der Waals surface area contributed by atoms with Gasteiger partial charge in [-0.3, -0.25) is 86.5 Å². The fourth-order valence-electron chi connectivity index (χ4n) is 9.31. The third kappa shape index (κ3) is 28.9. The van der Waals surface area contributed by atoms with Crippen LogP contribution in [0.1, 0.15) is 105 Å². The molecule has 0 aliphatic carbocycles. The molecule has 0 bridgehead atoms. The standard InChI is InChI=1S/C57H87N17O21/c1-26(2)44(72-49(88)31(14-10-18-62-57(60)61)67-53(92)37(25-75)65-29(6)76)55(94)73-45(27(3)4)56(95)74-19-11-15-38(74)54(93)63-24-40(78)66-32(16-17-39(58)77)48(87)69-34(20-30-12-8-7-9-13-30)51(90)71-36(23-43(83)84)52(91)70-35(22-42(81)82)50(89)64-28(5)47(86)68-33(46(59)85)21-41(79)80/h7-9,12-13,26-28,31-38,44-45,75H,10-11,14-25H2,1-6H3,(H2,58,77)(H2,59,85)(H,63,93)(H,64,89)(H,65,76)(H,66,78)(H,67,92)(H,68,86)(H,69,87)(H,70,91)(H,71,90)(H,72,88)(H,73,94)(H,79,80)(H,81,82)(H,83,84)(H4,60,61,62)/t28-,31-,32-,33-,34-,35-,36-,37-,38-,44-,45-/m0/s1. The van der Waals surface area contributed by atoms with Crippen molar-refractivity contribution >= 4 is 107 Å². The van der Waals surface area contributed by atoms with Crippen molar-refractivity contribution in [1.29, 1.82) is 0 Å². The van der Waals surface area contributed by atoms with Crippen molar-refractivity contribution in [3.63, 3.8) is 0 Å². The van der Waals surface area contributed by atoms with Gasteiger partial charge < -0.3 is 107 Å². The number of aliphatic carboxylic acids is 3. The normalized spacial score (nSPS) is 15.7. The van der Waals surface area contributed by atoms with Gasteiger partial charge in [-0.1, -0.05) is 58.0 Å². The van der Waals surface area contributed by atoms with Crippen molar-refractivity contribution in [2.45, 2.75) is 172 Å². The highest BCUT2D eigenvalue weighted by Crippen LogP contribution is 2.21. The minimum absolute atomic E-state index is 0.0148. The summed E-state index contributed by atoms with van der Waals surface area (Å²) in [6.45, 7) is 6.94. The van der Waals surface area contributed by atoms with Crippen LogP contribution in [0.25, 0.3) is 0 Å². The topological polar surface area (TPSA) is 623 Å². The maximum absolute atomic E-state index is 14.3. The number of primary amides is 2. The number of carboxylic acid groups (broad SMARTS) is 3. The van der Waals surface area contributed by atoms with Gasteiger partial charge in [0, 0.05) is 32.9 Å². The van der Waals surface area contributed by atoms with Crippen molar-refractivity contribution in [3.8, 4) is 0 Å². The van der Waals surface area contributed by atoms with Crippen LogP contribution in [0.3, 0.4) is 0 Å². The van der Waals surface area contributed by atoms with Crippen LogP contribution in [-0.4, -0.2) is 225 Å². The number of carbonyl (C=O) groups excluding carboxylic acids is 14. The Kier molecular flexibility index (Phi) is 33.7. The van der Waals surface area contributed by atoms with Crippen molar-refractivity contribution in [2.75, 3.05) is 26.2 Å². The molecule has 0 radical (unpaired) electrons. The van der Waals surface area contributed by atoms with Crippen LogP contribution in [0.2, 0.25) is 0 Å². The number of aliphatic hydroxyl groups is 1. The Morgan fingerprint density at radius 2 is 1.02 bits per heavy atom. The quantitative estimate of drug-likeness (QED) is 0.0164. The second kappa shape index (κ2) is 39.8. The summed E-state index contributed by atoms with van der Waals surface area (Å²) in [4.78, 5) is 226. The Labute approximate surface area is 544 Å². The monoisotopic (exact) mass is 1350 g/mol. The van der Waals surface area contributed by atoms with Crippen LogP contribution in [0.15, 0.2) is 35.3 Å². The van der Waals surface area contributed by atoms with E-state index in [0.29, 0.717) is 5.56 Å². The number of nitrogens with two attached hydrogens (primary N) is 4. The van der Waals surface area contributed by atoms with Crippen LogP contribution in [0.4, 0.5) is 0 Å². The van der Waals surface area contributed by atoms with E-state index in [2.05, 4.69) is 52.8 Å². The van der Waals surface area contributed by atoms with Gasteiger partial charge >= 0.3 is 17.9 Å². The Morgan fingerprint density at radius 3 is 1.54 bits per heavy atom. The SMILES string of the molecule is CC(=O)N[C@@H](CO)C(=O)N[C@@H](CCCN=C(N)N)C(=O)N[C@H](C(=O)N[C@H](C(=O)N1CCC[C@H]1C(=O)NCC(=O)N[C@@H](CCC(N)=O)C(=O)N[C@@H](Cc1ccccc1)C(=O)N[C@@H](CC(=O)O)C(=O)N[C@@H](CC(=O)O)C(=O)N[C@@H](C)C(=O)N[C@@H](CC(=O)O)C(N)=O)C(C)C)C(C)C. The Hall–Kier alpha value is -10.6. The summed E-state index contributed by atoms with van der Waals surface area (Å²) in [6.07, 6.45) is -4.37. The number of rotatable bonds is 41. The van der Waals surface area contributed by atoms with E-state index in [9.17, 15) is 96.8 Å². The minimum atomic E-state index is -2.13. The third-order valence-corrected chi connectivity index (χ3v) is 14.3. The van der Waals surface area contributed by atoms with Gasteiger partial charge in [0.25, 0.3) is 0 Å². The summed E-state index contributed by atoms with van der Waals surface area (Å²) in [6, 6.07) is -9.93. The summed E-state index contributed by atoms with van der Waals surface area (Å²) < 4.78 is 0. The zero-order valence-corrected chi connectivity index (χ0v) is 53.2. The molecule has 0 aromatic heterocycles. The first-order valence-corrected chi connectivity index (χ1v) is 30.0. The van der Waals surface area contributed by atoms with E-state index >= 15 is 0 Å². The van der Waals surface area contributed by atoms with E-state index in [1.165, 1.54) is 17.0 Å². The highest BCUT2D eigenvalue weighted by Gasteiger charge is 2.41. The number of aliphatic hydroxyl groups excluding tert-OH is 1. The number of benzene rings is 1. The van der Waals surface area contributed by atoms with Crippen LogP contribution < -0.4 is 81.4 Å². The van der Waals surface area contributed by atoms with Crippen LogP contribution in [0.5, 0.6) is 0 Å². The summed E-state index contributed by atoms with van der Waals surface area (Å²) >= 11 is 0. The molecule has 11 atom stereocenters. The van der Waals surface area contributed by atoms with Gasteiger partial charge in [0.2, 0.25) is 82.7 Å². The van der Waals surface area contributed by atoms with Gasteiger partial charge in [0.05, 0.1) is 32.4 Å². The lowest BCUT2D eigenvalue weighted by atomic mass is 9.98. The molecule has 23 N–H and O–H groups in total. The fourth-order valence-corrected chi connectivity index (χ4v) is 9.31. The Balaban J connectivity index is 2.35. The molecule has 1 saturated heterocycles. The number of nitrogens with one attached hydrogen (secondary N) is 11. The number of nitrogens with zero attached hydrogens (tertiary/aromatic N) is 2. The molecule has 1 heterocycles. The highest BCUT2D eigenvalue weighted by atomic mass is 16.4. The van der Waals surface area contributed by atoms with Gasteiger partial charge in [-0.2, -0.15) is 0 Å². The molecule has 1 aliphatic rings. The average Bonchev–Trinajstić information content (AvgIpc) is 1.79. The van der Waals surface area contributed by atoms with Gasteiger partial charge in [-0.05, 0) is 56.4 Å². The van der Waals surface area contributed by atoms with E-state index in [1.807, 2.05) is 10.6 Å². The number of carboxylic acids is 3. The average molecular weight is 1350 g/mol. The smallest absolute Gasteiger partial charge is 0.305 e. The van der Waals surface area contributed by atoms with Gasteiger partial charge in [-0.25, -0.2) is 0 Å². The molecule has 14 amide bonds. The predicted molar refractivity (Wildman–Crippen MR) is 330 cm³/mol. The minimum Gasteiger partial charge on any atom is -0.481 e. The van der Waals surface area contributed by atoms with Crippen LogP contribution in [0, 0.1) is 11.8 Å². The van der Waals surface area contributed by atoms with Crippen molar-refractivity contribution in [1.82, 2.24) is 63.4 Å². The van der Waals surface area contributed by atoms with Gasteiger partial charge in [-0.15, -0.1) is 0 Å². The largest absolute Gasteiger partial charge is 0.481 e. The van der Waals surface area contributed by atoms with Gasteiger partial charge in [0.1, 0.15) is 66.5 Å². The highest BCUT2D eigenvalue weighted by molar-refractivity contribution is 6.01. The number of hydrogen-bond donors (Lipinski definition) is 19. The summed E-state index contributed by atoms with van der Waals surface area (Å²) in [7, 11) is 0. The zero-order chi connectivity index (χ0) is 72.0. The number of hydrogen-bond acceptors (Lipinski definition) is 19. The Morgan fingerprint density at radius 1 is 0.547 bits per heavy atom. The summed E-state index contributed by atoms with van der Waals surface area (Å²) in [5.41, 5.74) is 21.7. The molecule has 1 aromatic rings. The number of aliphatic imine (C=N–C) groups is 1. The zero-order valence-electron chi connectivity index (χ0n) is 53.2. The summed E-state index contributed by atoms with van der Waals surface area (Å²) in [5, 5.41) is 63.6. The molecule has 0 spiro atoms. The molecule has 95 heavy (non-hydrogen) atoms. The lowest BCUT2D eigenvalue weighted by molar-refractivity contribution is -0.143. The van der Waals surface area contributed by atoms with Gasteiger partial charge in [0.15, 0.2) is 5.96 Å². The summed E-state index contributed by atoms with van der Waals surface area (Å²) in [5.74, 6) is -20.9. The van der Waals surface area contributed by atoms with Crippen molar-refractivity contribution < 1.29 is 102 Å². The molecular weight excluding hydrogens is 1260 g/mol. The molecular formula is C57H87N17O21. The van der Waals surface area contributed by atoms with E-state index in [0.717, 1.165) is 13.8 Å². The maximum Gasteiger partial charge on any atom is 0.305 e. The fraction of sp³-hybridized carbons (Fsp3) is 0.579. The van der Waals surface area contributed by atoms with E-state index in [-0.39, 0.29) is 44.7 Å². The third-order valence-electron chi connectivity index (χ3n) is 14.3. The molecule has 38 nitrogen and oxygen atoms in total. The predicted octanol–water partition coefficient (Wildman–Crippen LogP) is -8.24. The first-order valence-electron chi connectivity index (χ1n) is 30.0. The van der Waals surface area contributed by atoms with Crippen LogP contribution in [-0.2, 0) is 87.9 Å². The molecule has 2 rings (SSSR count). The number of amides is 14. The van der Waals surface area contributed by atoms with E-state index < -0.39 is 231 Å². The maximum atomic E-state index is 14.3. The second-order valence-electron chi connectivity index (χ2n) is 22.8. The van der Waals surface area contributed by atoms with Crippen molar-refractivity contribution in [2.24, 2.45) is 39.8 Å². The molecule has 1 fully saturated rings. The van der Waals surface area contributed by atoms with Crippen molar-refractivity contribution in [3.05, 3.63) is 35.9 Å². The first kappa shape index (κ1) is 80.5. The number of carbonyl (C=O) groups is 17. The second-order valence-corrected chi connectivity index (χ2v) is 22.8. The molecule has 1 aromatic carbocycles.